The number of tetrazole rings is 1. The van der Waals surface area contributed by atoms with E-state index in [2.05, 4.69) is 51.7 Å². The van der Waals surface area contributed by atoms with E-state index < -0.39 is 12.0 Å². The predicted molar refractivity (Wildman–Crippen MR) is 119 cm³/mol. The summed E-state index contributed by atoms with van der Waals surface area (Å²) in [6.07, 6.45) is 0. The van der Waals surface area contributed by atoms with E-state index in [1.54, 1.807) is 4.68 Å². The molecule has 0 saturated heterocycles. The van der Waals surface area contributed by atoms with Crippen LogP contribution in [0.25, 0.3) is 0 Å². The van der Waals surface area contributed by atoms with Crippen molar-refractivity contribution in [1.29, 1.82) is 0 Å². The monoisotopic (exact) mass is 418 g/mol. The first-order chi connectivity index (χ1) is 15.1. The number of hydrogen-bond donors (Lipinski definition) is 1. The Hall–Kier alpha value is -3.68. The zero-order valence-electron chi connectivity index (χ0n) is 17.9. The van der Waals surface area contributed by atoms with Gasteiger partial charge < -0.3 is 15.0 Å². The first-order valence-corrected chi connectivity index (χ1v) is 10.4. The number of rotatable bonds is 7. The Morgan fingerprint density at radius 1 is 1.10 bits per heavy atom. The highest BCUT2D eigenvalue weighted by Gasteiger charge is 2.35. The van der Waals surface area contributed by atoms with Crippen LogP contribution in [0.5, 0.6) is 0 Å². The van der Waals surface area contributed by atoms with Gasteiger partial charge in [0.05, 0.1) is 5.57 Å². The lowest BCUT2D eigenvalue weighted by atomic mass is 9.95. The molecule has 1 unspecified atom stereocenters. The number of anilines is 2. The fourth-order valence-electron chi connectivity index (χ4n) is 3.84. The molecule has 1 aromatic heterocycles. The van der Waals surface area contributed by atoms with Crippen LogP contribution in [0.1, 0.15) is 37.9 Å². The maximum atomic E-state index is 13.2. The standard InChI is InChI=1S/C23H26N6O2/c1-4-28(5-2)19-13-11-18(12-14-19)21-20(16(3)24-23-25-26-27-29(21)23)22(30)31-15-17-9-7-6-8-10-17/h6-14,21H,4-5,15H2,1-3H3,(H,24,25,27). The zero-order valence-corrected chi connectivity index (χ0v) is 17.9. The third-order valence-electron chi connectivity index (χ3n) is 5.48. The van der Waals surface area contributed by atoms with Gasteiger partial charge in [-0.15, -0.1) is 0 Å². The van der Waals surface area contributed by atoms with E-state index >= 15 is 0 Å². The number of allylic oxidation sites excluding steroid dienone is 1. The minimum Gasteiger partial charge on any atom is -0.457 e. The molecule has 0 saturated carbocycles. The van der Waals surface area contributed by atoms with Crippen LogP contribution in [-0.2, 0) is 16.1 Å². The minimum atomic E-state index is -0.472. The van der Waals surface area contributed by atoms with Crippen LogP contribution < -0.4 is 10.2 Å². The van der Waals surface area contributed by atoms with Gasteiger partial charge in [0.15, 0.2) is 0 Å². The summed E-state index contributed by atoms with van der Waals surface area (Å²) >= 11 is 0. The van der Waals surface area contributed by atoms with Crippen LogP contribution in [0, 0.1) is 0 Å². The molecule has 8 nitrogen and oxygen atoms in total. The smallest absolute Gasteiger partial charge is 0.338 e. The van der Waals surface area contributed by atoms with Crippen molar-refractivity contribution in [2.75, 3.05) is 23.3 Å². The van der Waals surface area contributed by atoms with Crippen molar-refractivity contribution in [2.24, 2.45) is 0 Å². The van der Waals surface area contributed by atoms with Crippen molar-refractivity contribution in [3.05, 3.63) is 77.0 Å². The Morgan fingerprint density at radius 3 is 2.48 bits per heavy atom. The number of ether oxygens (including phenoxy) is 1. The average molecular weight is 419 g/mol. The lowest BCUT2D eigenvalue weighted by molar-refractivity contribution is -0.140. The van der Waals surface area contributed by atoms with Crippen molar-refractivity contribution < 1.29 is 9.53 Å². The first-order valence-electron chi connectivity index (χ1n) is 10.4. The Bertz CT molecular complexity index is 1070. The number of nitrogens with one attached hydrogen (secondary N) is 1. The Kier molecular flexibility index (Phi) is 5.97. The predicted octanol–water partition coefficient (Wildman–Crippen LogP) is 3.55. The van der Waals surface area contributed by atoms with E-state index in [4.69, 9.17) is 4.74 Å². The molecule has 31 heavy (non-hydrogen) atoms. The number of aromatic nitrogens is 4. The molecule has 1 atom stereocenters. The minimum absolute atomic E-state index is 0.201. The lowest BCUT2D eigenvalue weighted by Gasteiger charge is -2.28. The third kappa shape index (κ3) is 4.14. The summed E-state index contributed by atoms with van der Waals surface area (Å²) in [5.74, 6) is 0.0998. The van der Waals surface area contributed by atoms with Crippen molar-refractivity contribution >= 4 is 17.6 Å². The number of nitrogens with zero attached hydrogens (tertiary/aromatic N) is 5. The van der Waals surface area contributed by atoms with Crippen LogP contribution >= 0.6 is 0 Å². The lowest BCUT2D eigenvalue weighted by Crippen LogP contribution is -2.29. The van der Waals surface area contributed by atoms with Crippen LogP contribution in [0.4, 0.5) is 11.6 Å². The van der Waals surface area contributed by atoms with Gasteiger partial charge in [0.25, 0.3) is 0 Å². The molecule has 1 N–H and O–H groups in total. The van der Waals surface area contributed by atoms with Gasteiger partial charge in [0.2, 0.25) is 5.95 Å². The van der Waals surface area contributed by atoms with Crippen LogP contribution in [0.2, 0.25) is 0 Å². The second kappa shape index (κ2) is 8.99. The molecule has 8 heteroatoms. The second-order valence-electron chi connectivity index (χ2n) is 7.34. The normalized spacial score (nSPS) is 15.3. The van der Waals surface area contributed by atoms with Gasteiger partial charge in [-0.2, -0.15) is 4.68 Å². The van der Waals surface area contributed by atoms with Crippen molar-refractivity contribution in [1.82, 2.24) is 20.2 Å². The maximum Gasteiger partial charge on any atom is 0.338 e. The van der Waals surface area contributed by atoms with Crippen LogP contribution in [0.3, 0.4) is 0 Å². The van der Waals surface area contributed by atoms with E-state index in [0.717, 1.165) is 29.9 Å². The number of carbonyl (C=O) groups is 1. The van der Waals surface area contributed by atoms with Gasteiger partial charge in [-0.3, -0.25) is 0 Å². The second-order valence-corrected chi connectivity index (χ2v) is 7.34. The molecule has 160 valence electrons. The van der Waals surface area contributed by atoms with E-state index in [1.807, 2.05) is 49.4 Å². The number of benzene rings is 2. The molecule has 3 aromatic rings. The third-order valence-corrected chi connectivity index (χ3v) is 5.48. The summed E-state index contributed by atoms with van der Waals surface area (Å²) in [4.78, 5) is 15.4. The average Bonchev–Trinajstić information content (AvgIpc) is 3.26. The summed E-state index contributed by atoms with van der Waals surface area (Å²) in [5, 5.41) is 15.1. The van der Waals surface area contributed by atoms with Crippen molar-refractivity contribution in [3.63, 3.8) is 0 Å². The van der Waals surface area contributed by atoms with E-state index in [0.29, 0.717) is 17.2 Å². The molecular weight excluding hydrogens is 392 g/mol. The van der Waals surface area contributed by atoms with E-state index in [9.17, 15) is 4.79 Å². The number of carbonyl (C=O) groups excluding carboxylic acids is 1. The summed E-state index contributed by atoms with van der Waals surface area (Å²) in [5.41, 5.74) is 4.15. The maximum absolute atomic E-state index is 13.2. The van der Waals surface area contributed by atoms with Gasteiger partial charge in [-0.1, -0.05) is 47.6 Å². The summed E-state index contributed by atoms with van der Waals surface area (Å²) in [6, 6.07) is 17.3. The summed E-state index contributed by atoms with van der Waals surface area (Å²) in [7, 11) is 0. The van der Waals surface area contributed by atoms with Crippen molar-refractivity contribution in [3.8, 4) is 0 Å². The Labute approximate surface area is 181 Å². The molecule has 1 aliphatic rings. The highest BCUT2D eigenvalue weighted by atomic mass is 16.5. The number of esters is 1. The highest BCUT2D eigenvalue weighted by Crippen LogP contribution is 2.35. The molecule has 0 aliphatic carbocycles. The fourth-order valence-corrected chi connectivity index (χ4v) is 3.84. The molecule has 0 fully saturated rings. The summed E-state index contributed by atoms with van der Waals surface area (Å²) in [6.45, 7) is 8.16. The molecule has 0 bridgehead atoms. The quantitative estimate of drug-likeness (QED) is 0.587. The Balaban J connectivity index is 1.65. The summed E-state index contributed by atoms with van der Waals surface area (Å²) < 4.78 is 7.27. The van der Waals surface area contributed by atoms with Gasteiger partial charge in [0.1, 0.15) is 12.6 Å². The fraction of sp³-hybridized carbons (Fsp3) is 0.304. The van der Waals surface area contributed by atoms with E-state index in [-0.39, 0.29) is 6.61 Å². The molecule has 0 radical (unpaired) electrons. The number of fused-ring (bicyclic) bond motifs is 1. The molecule has 1 aliphatic heterocycles. The highest BCUT2D eigenvalue weighted by molar-refractivity contribution is 5.92. The SMILES string of the molecule is CCN(CC)c1ccc(C2C(C(=O)OCc3ccccc3)=C(C)Nc3nnnn32)cc1. The Morgan fingerprint density at radius 2 is 1.81 bits per heavy atom. The molecule has 0 spiro atoms. The van der Waals surface area contributed by atoms with Crippen LogP contribution in [0.15, 0.2) is 65.9 Å². The van der Waals surface area contributed by atoms with Crippen molar-refractivity contribution in [2.45, 2.75) is 33.4 Å². The van der Waals surface area contributed by atoms with Crippen LogP contribution in [-0.4, -0.2) is 39.3 Å². The molecule has 0 amide bonds. The van der Waals surface area contributed by atoms with Gasteiger partial charge in [-0.25, -0.2) is 4.79 Å². The topological polar surface area (TPSA) is 85.2 Å². The van der Waals surface area contributed by atoms with Gasteiger partial charge >= 0.3 is 5.97 Å². The first kappa shape index (κ1) is 20.6. The number of hydrogen-bond acceptors (Lipinski definition) is 7. The zero-order chi connectivity index (χ0) is 21.8. The molecular formula is C23H26N6O2. The van der Waals surface area contributed by atoms with E-state index in [1.165, 1.54) is 0 Å². The molecule has 2 aromatic carbocycles. The van der Waals surface area contributed by atoms with Gasteiger partial charge in [0, 0.05) is 24.5 Å². The molecule has 2 heterocycles. The molecule has 4 rings (SSSR count). The van der Waals surface area contributed by atoms with Gasteiger partial charge in [-0.05, 0) is 54.5 Å². The largest absolute Gasteiger partial charge is 0.457 e.